The lowest BCUT2D eigenvalue weighted by Crippen LogP contribution is -2.44. The lowest BCUT2D eigenvalue weighted by atomic mass is 9.88. The summed E-state index contributed by atoms with van der Waals surface area (Å²) in [5.74, 6) is -3.05. The van der Waals surface area contributed by atoms with Gasteiger partial charge in [0.2, 0.25) is 11.9 Å². The van der Waals surface area contributed by atoms with Gasteiger partial charge in [0.1, 0.15) is 6.10 Å². The van der Waals surface area contributed by atoms with Crippen molar-refractivity contribution in [3.8, 4) is 0 Å². The first-order valence-electron chi connectivity index (χ1n) is 14.0. The Bertz CT molecular complexity index is 1370. The first kappa shape index (κ1) is 31.8. The number of carboxylic acids is 1. The van der Waals surface area contributed by atoms with Gasteiger partial charge in [-0.05, 0) is 62.9 Å². The summed E-state index contributed by atoms with van der Waals surface area (Å²) in [6.07, 6.45) is 2.27. The number of Topliss-reactive ketones (excluding diaryl/α,β-unsaturated/α-hetero) is 1. The first-order chi connectivity index (χ1) is 20.3. The minimum Gasteiger partial charge on any atom is -0.479 e. The molecule has 3 aliphatic rings. The lowest BCUT2D eigenvalue weighted by Gasteiger charge is -2.35. The number of allylic oxidation sites excluding steroid dienone is 1. The van der Waals surface area contributed by atoms with E-state index in [1.165, 1.54) is 5.69 Å². The van der Waals surface area contributed by atoms with Gasteiger partial charge in [0.05, 0.1) is 12.1 Å². The van der Waals surface area contributed by atoms with Gasteiger partial charge in [-0.2, -0.15) is 4.98 Å². The highest BCUT2D eigenvalue weighted by Gasteiger charge is 2.47. The van der Waals surface area contributed by atoms with Crippen LogP contribution >= 0.6 is 0 Å². The molecule has 1 saturated carbocycles. The predicted molar refractivity (Wildman–Crippen MR) is 157 cm³/mol. The second-order valence-corrected chi connectivity index (χ2v) is 11.2. The third kappa shape index (κ3) is 7.45. The largest absolute Gasteiger partial charge is 0.479 e. The molecule has 1 amide bonds. The number of aliphatic hydroxyl groups is 2. The molecule has 2 aliphatic carbocycles. The average Bonchev–Trinajstić information content (AvgIpc) is 3.57. The van der Waals surface area contributed by atoms with E-state index in [4.69, 9.17) is 21.1 Å². The number of nitrogens with one attached hydrogen (secondary N) is 2. The molecule has 1 aliphatic heterocycles. The molecule has 0 unspecified atom stereocenters. The number of nitrogens with zero attached hydrogens (tertiary/aromatic N) is 4. The van der Waals surface area contributed by atoms with Gasteiger partial charge in [0.25, 0.3) is 0 Å². The Kier molecular flexibility index (Phi) is 9.94. The number of anilines is 4. The van der Waals surface area contributed by atoms with Crippen LogP contribution in [0.1, 0.15) is 18.9 Å². The average molecular weight is 600 g/mol. The van der Waals surface area contributed by atoms with Crippen molar-refractivity contribution in [1.29, 1.82) is 0 Å². The number of aromatic nitrogens is 2. The third-order valence-electron chi connectivity index (χ3n) is 8.10. The molecule has 2 bridgehead atoms. The molecule has 43 heavy (non-hydrogen) atoms. The van der Waals surface area contributed by atoms with Crippen LogP contribution in [0.3, 0.4) is 0 Å². The van der Waals surface area contributed by atoms with E-state index in [0.29, 0.717) is 5.95 Å². The van der Waals surface area contributed by atoms with E-state index >= 15 is 0 Å². The first-order valence-corrected chi connectivity index (χ1v) is 14.0. The number of amides is 1. The topological polar surface area (TPSA) is 194 Å². The second kappa shape index (κ2) is 13.4. The number of halogens is 1. The molecule has 2 aromatic rings. The Labute approximate surface area is 248 Å². The number of aryl methyl sites for hydroxylation is 1. The number of aliphatic carboxylic acids is 1. The third-order valence-corrected chi connectivity index (χ3v) is 8.10. The van der Waals surface area contributed by atoms with Gasteiger partial charge >= 0.3 is 5.97 Å². The molecular weight excluding hydrogens is 561 g/mol. The normalized spacial score (nSPS) is 24.1. The van der Waals surface area contributed by atoms with Crippen molar-refractivity contribution in [3.05, 3.63) is 47.9 Å². The minimum absolute atomic E-state index is 0.0791. The number of hydrogen-bond acceptors (Lipinski definition) is 11. The van der Waals surface area contributed by atoms with Crippen LogP contribution in [0.25, 0.3) is 0 Å². The Morgan fingerprint density at radius 3 is 2.35 bits per heavy atom. The summed E-state index contributed by atoms with van der Waals surface area (Å²) in [7, 11) is 2.14. The van der Waals surface area contributed by atoms with Gasteiger partial charge in [0, 0.05) is 43.6 Å². The van der Waals surface area contributed by atoms with E-state index in [1.54, 1.807) is 0 Å². The maximum Gasteiger partial charge on any atom is 0.335 e. The Hall–Kier alpha value is -4.14. The quantitative estimate of drug-likeness (QED) is 0.223. The van der Waals surface area contributed by atoms with Crippen LogP contribution in [0.2, 0.25) is 0 Å². The number of fused-ring (bicyclic) bond motifs is 2. The molecule has 2 fully saturated rings. The fourth-order valence-corrected chi connectivity index (χ4v) is 5.72. The van der Waals surface area contributed by atoms with Crippen molar-refractivity contribution in [2.24, 2.45) is 23.5 Å². The number of carbonyl (C=O) groups is 3. The Morgan fingerprint density at radius 2 is 1.77 bits per heavy atom. The van der Waals surface area contributed by atoms with E-state index in [1.807, 2.05) is 12.1 Å². The van der Waals surface area contributed by atoms with Gasteiger partial charge in [0.15, 0.2) is 23.5 Å². The van der Waals surface area contributed by atoms with Crippen LogP contribution in [-0.4, -0.2) is 99.3 Å². The second-order valence-electron chi connectivity index (χ2n) is 11.2. The molecule has 0 radical (unpaired) electrons. The van der Waals surface area contributed by atoms with E-state index in [-0.39, 0.29) is 35.5 Å². The highest BCUT2D eigenvalue weighted by Crippen LogP contribution is 2.45. The summed E-state index contributed by atoms with van der Waals surface area (Å²) in [5.41, 5.74) is 8.84. The summed E-state index contributed by atoms with van der Waals surface area (Å²) >= 11 is 0. The van der Waals surface area contributed by atoms with Crippen molar-refractivity contribution >= 4 is 40.8 Å². The summed E-state index contributed by atoms with van der Waals surface area (Å²) in [5, 5.41) is 31.4. The zero-order valence-electron chi connectivity index (χ0n) is 24.3. The van der Waals surface area contributed by atoms with Crippen LogP contribution in [0.4, 0.5) is 27.5 Å². The van der Waals surface area contributed by atoms with Crippen molar-refractivity contribution in [2.75, 3.05) is 48.8 Å². The van der Waals surface area contributed by atoms with Crippen molar-refractivity contribution in [2.45, 2.75) is 38.5 Å². The number of nitrogens with two attached hydrogens (primary N) is 1. The van der Waals surface area contributed by atoms with Gasteiger partial charge in [-0.15, -0.1) is 0 Å². The Morgan fingerprint density at radius 1 is 1.09 bits per heavy atom. The van der Waals surface area contributed by atoms with Gasteiger partial charge in [-0.1, -0.05) is 12.2 Å². The van der Waals surface area contributed by atoms with Crippen LogP contribution in [0.15, 0.2) is 36.5 Å². The number of piperazine rings is 1. The van der Waals surface area contributed by atoms with Crippen molar-refractivity contribution in [3.63, 3.8) is 0 Å². The van der Waals surface area contributed by atoms with E-state index in [0.717, 1.165) is 57.0 Å². The summed E-state index contributed by atoms with van der Waals surface area (Å²) < 4.78 is 14.5. The highest BCUT2D eigenvalue weighted by atomic mass is 19.1. The molecule has 14 heteroatoms. The molecule has 0 spiro atoms. The summed E-state index contributed by atoms with van der Waals surface area (Å²) in [4.78, 5) is 45.3. The lowest BCUT2D eigenvalue weighted by molar-refractivity contribution is -0.156. The molecular formula is C29H38FN7O6. The standard InChI is InChI=1S/C24H30FN7O.C5H8O5/c1-14-11-17(5-6-19(14)32-9-7-31(2)8-10-32)28-24-27-13-18(25)23(30-24)29-21-16-4-3-15(12-16)20(21)22(26)33;1-2(6)3(7)4(8)5(9)10/h3-6,11,13,15-16,20-21H,7-10,12H2,1-2H3,(H2,26,33)(H2,27,28,29,30);3-4,7-8H,1H3,(H,9,10)/t15-,16+,20+,21-;3-,4+/m10/s1. The fraction of sp³-hybridized carbons (Fsp3) is 0.483. The van der Waals surface area contributed by atoms with Gasteiger partial charge in [-0.3, -0.25) is 9.59 Å². The zero-order valence-corrected chi connectivity index (χ0v) is 24.3. The van der Waals surface area contributed by atoms with Crippen LogP contribution < -0.4 is 21.3 Å². The predicted octanol–water partition coefficient (Wildman–Crippen LogP) is 0.889. The van der Waals surface area contributed by atoms with Gasteiger partial charge in [-0.25, -0.2) is 14.2 Å². The zero-order chi connectivity index (χ0) is 31.4. The molecule has 6 atom stereocenters. The van der Waals surface area contributed by atoms with E-state index in [2.05, 4.69) is 62.6 Å². The van der Waals surface area contributed by atoms with Crippen LogP contribution in [0, 0.1) is 30.5 Å². The number of carbonyl (C=O) groups excluding carboxylic acids is 2. The summed E-state index contributed by atoms with van der Waals surface area (Å²) in [6.45, 7) is 7.19. The summed E-state index contributed by atoms with van der Waals surface area (Å²) in [6, 6.07) is 5.88. The molecule has 7 N–H and O–H groups in total. The van der Waals surface area contributed by atoms with Crippen molar-refractivity contribution < 1.29 is 34.1 Å². The number of primary amides is 1. The molecule has 2 heterocycles. The number of carboxylic acid groups (broad SMARTS) is 1. The molecule has 13 nitrogen and oxygen atoms in total. The van der Waals surface area contributed by atoms with E-state index in [9.17, 15) is 18.8 Å². The van der Waals surface area contributed by atoms with Crippen LogP contribution in [0.5, 0.6) is 0 Å². The maximum absolute atomic E-state index is 14.5. The highest BCUT2D eigenvalue weighted by molar-refractivity contribution is 5.87. The molecule has 232 valence electrons. The monoisotopic (exact) mass is 599 g/mol. The molecule has 1 aromatic heterocycles. The van der Waals surface area contributed by atoms with E-state index < -0.39 is 29.8 Å². The number of likely N-dealkylation sites (N-methyl/N-ethyl adjacent to an activating group) is 1. The smallest absolute Gasteiger partial charge is 0.335 e. The number of ketones is 1. The number of hydrogen-bond donors (Lipinski definition) is 6. The number of rotatable bonds is 9. The Balaban J connectivity index is 0.000000365. The van der Waals surface area contributed by atoms with Gasteiger partial charge < -0.3 is 41.5 Å². The maximum atomic E-state index is 14.5. The molecule has 1 aromatic carbocycles. The fourth-order valence-electron chi connectivity index (χ4n) is 5.72. The molecule has 5 rings (SSSR count). The number of aliphatic hydroxyl groups excluding tert-OH is 2. The van der Waals surface area contributed by atoms with Crippen LogP contribution in [-0.2, 0) is 14.4 Å². The molecule has 1 saturated heterocycles. The SMILES string of the molecule is CC(=O)[C@H](O)[C@@H](O)C(=O)O.Cc1cc(Nc2ncc(F)c(N[C@H]3[C@@H](C(N)=O)[C@@H]4C=C[C@H]3C4)n2)ccc1N1CCN(C)CC1. The van der Waals surface area contributed by atoms with Crippen molar-refractivity contribution in [1.82, 2.24) is 14.9 Å². The minimum atomic E-state index is -2.02. The number of benzene rings is 1.